The van der Waals surface area contributed by atoms with E-state index in [1.807, 2.05) is 0 Å². The van der Waals surface area contributed by atoms with Gasteiger partial charge in [0.2, 0.25) is 5.95 Å². The third-order valence-corrected chi connectivity index (χ3v) is 4.74. The summed E-state index contributed by atoms with van der Waals surface area (Å²) in [4.78, 5) is 16.8. The molecular formula is C17H17BrN4O4. The molecule has 136 valence electrons. The molecule has 0 spiro atoms. The van der Waals surface area contributed by atoms with E-state index in [4.69, 9.17) is 13.9 Å². The topological polar surface area (TPSA) is 102 Å². The molecule has 0 aliphatic carbocycles. The Morgan fingerprint density at radius 3 is 2.62 bits per heavy atom. The highest BCUT2D eigenvalue weighted by Crippen LogP contribution is 2.32. The van der Waals surface area contributed by atoms with Crippen LogP contribution in [0.25, 0.3) is 11.4 Å². The zero-order valence-corrected chi connectivity index (χ0v) is 16.2. The quantitative estimate of drug-likeness (QED) is 0.651. The first-order valence-corrected chi connectivity index (χ1v) is 8.45. The maximum atomic E-state index is 12.5. The van der Waals surface area contributed by atoms with Crippen molar-refractivity contribution in [2.75, 3.05) is 19.5 Å². The van der Waals surface area contributed by atoms with E-state index in [2.05, 4.69) is 36.4 Å². The smallest absolute Gasteiger partial charge is 0.262 e. The van der Waals surface area contributed by atoms with Crippen LogP contribution in [0.2, 0.25) is 0 Å². The van der Waals surface area contributed by atoms with Gasteiger partial charge in [0.05, 0.1) is 29.8 Å². The molecule has 3 rings (SSSR count). The zero-order valence-electron chi connectivity index (χ0n) is 14.6. The normalized spacial score (nSPS) is 10.7. The summed E-state index contributed by atoms with van der Waals surface area (Å²) in [5.41, 5.74) is 1.11. The summed E-state index contributed by atoms with van der Waals surface area (Å²) in [5.74, 6) is 2.62. The highest BCUT2D eigenvalue weighted by atomic mass is 79.9. The Kier molecular flexibility index (Phi) is 4.99. The van der Waals surface area contributed by atoms with Gasteiger partial charge in [-0.2, -0.15) is 4.98 Å². The first-order valence-electron chi connectivity index (χ1n) is 7.66. The minimum Gasteiger partial charge on any atom is -0.497 e. The number of aromatic amines is 1. The summed E-state index contributed by atoms with van der Waals surface area (Å²) in [7, 11) is 3.13. The molecule has 1 aromatic carbocycles. The number of ether oxygens (including phenoxy) is 2. The van der Waals surface area contributed by atoms with Crippen molar-refractivity contribution >= 4 is 27.8 Å². The van der Waals surface area contributed by atoms with Gasteiger partial charge < -0.3 is 13.9 Å². The summed E-state index contributed by atoms with van der Waals surface area (Å²) in [6.45, 7) is 3.49. The molecule has 0 radical (unpaired) electrons. The number of carbonyl (C=O) groups excluding carboxylic acids is 1. The van der Waals surface area contributed by atoms with Crippen molar-refractivity contribution in [2.24, 2.45) is 0 Å². The van der Waals surface area contributed by atoms with Crippen molar-refractivity contribution in [3.8, 4) is 22.9 Å². The maximum absolute atomic E-state index is 12.5. The molecular weight excluding hydrogens is 404 g/mol. The van der Waals surface area contributed by atoms with Crippen molar-refractivity contribution < 1.29 is 18.7 Å². The van der Waals surface area contributed by atoms with Gasteiger partial charge >= 0.3 is 0 Å². The van der Waals surface area contributed by atoms with Crippen molar-refractivity contribution in [3.63, 3.8) is 0 Å². The van der Waals surface area contributed by atoms with Gasteiger partial charge in [0.1, 0.15) is 23.0 Å². The SMILES string of the molecule is COc1ccc(-c2nc(NC(=O)c3c(C)oc(C)c3Br)n[nH]2)c(OC)c1. The van der Waals surface area contributed by atoms with Crippen LogP contribution >= 0.6 is 15.9 Å². The van der Waals surface area contributed by atoms with Crippen LogP contribution in [0.3, 0.4) is 0 Å². The van der Waals surface area contributed by atoms with Crippen LogP contribution in [0.1, 0.15) is 21.9 Å². The molecule has 1 amide bonds. The first-order chi connectivity index (χ1) is 12.4. The third kappa shape index (κ3) is 3.30. The predicted molar refractivity (Wildman–Crippen MR) is 98.8 cm³/mol. The summed E-state index contributed by atoms with van der Waals surface area (Å²) in [6.07, 6.45) is 0. The number of rotatable bonds is 5. The lowest BCUT2D eigenvalue weighted by atomic mass is 10.2. The molecule has 8 nitrogen and oxygen atoms in total. The van der Waals surface area contributed by atoms with E-state index in [-0.39, 0.29) is 11.9 Å². The van der Waals surface area contributed by atoms with E-state index in [9.17, 15) is 4.79 Å². The molecule has 2 aromatic heterocycles. The molecule has 0 aliphatic rings. The first kappa shape index (κ1) is 18.0. The summed E-state index contributed by atoms with van der Waals surface area (Å²) >= 11 is 3.36. The number of carbonyl (C=O) groups is 1. The van der Waals surface area contributed by atoms with Crippen LogP contribution in [0.4, 0.5) is 5.95 Å². The molecule has 0 fully saturated rings. The predicted octanol–water partition coefficient (Wildman–Crippen LogP) is 3.71. The monoisotopic (exact) mass is 420 g/mol. The van der Waals surface area contributed by atoms with Gasteiger partial charge in [-0.1, -0.05) is 0 Å². The number of furan rings is 1. The van der Waals surface area contributed by atoms with Crippen LogP contribution < -0.4 is 14.8 Å². The second kappa shape index (κ2) is 7.20. The standard InChI is InChI=1S/C17H17BrN4O4/c1-8-13(14(18)9(2)26-8)16(23)20-17-19-15(21-22-17)11-6-5-10(24-3)7-12(11)25-4/h5-7H,1-4H3,(H2,19,20,21,22,23). The zero-order chi connectivity index (χ0) is 18.8. The van der Waals surface area contributed by atoms with Gasteiger partial charge in [0.25, 0.3) is 5.91 Å². The minimum absolute atomic E-state index is 0.146. The number of halogens is 1. The molecule has 9 heteroatoms. The number of anilines is 1. The molecule has 2 heterocycles. The minimum atomic E-state index is -0.363. The lowest BCUT2D eigenvalue weighted by molar-refractivity contribution is 0.102. The average Bonchev–Trinajstić information content (AvgIpc) is 3.18. The molecule has 0 atom stereocenters. The molecule has 0 aliphatic heterocycles. The third-order valence-electron chi connectivity index (χ3n) is 3.79. The van der Waals surface area contributed by atoms with Crippen LogP contribution in [-0.2, 0) is 0 Å². The summed E-state index contributed by atoms with van der Waals surface area (Å²) < 4.78 is 16.6. The Bertz CT molecular complexity index is 964. The van der Waals surface area contributed by atoms with Gasteiger partial charge in [0, 0.05) is 6.07 Å². The number of aryl methyl sites for hydroxylation is 2. The van der Waals surface area contributed by atoms with Crippen molar-refractivity contribution in [1.29, 1.82) is 0 Å². The Labute approximate surface area is 158 Å². The van der Waals surface area contributed by atoms with Crippen molar-refractivity contribution in [3.05, 3.63) is 39.8 Å². The number of hydrogen-bond acceptors (Lipinski definition) is 6. The number of amides is 1. The number of nitrogens with zero attached hydrogens (tertiary/aromatic N) is 2. The molecule has 0 unspecified atom stereocenters. The van der Waals surface area contributed by atoms with Crippen molar-refractivity contribution in [2.45, 2.75) is 13.8 Å². The van der Waals surface area contributed by atoms with E-state index >= 15 is 0 Å². The Morgan fingerprint density at radius 1 is 1.23 bits per heavy atom. The number of aromatic nitrogens is 3. The van der Waals surface area contributed by atoms with E-state index in [0.717, 1.165) is 0 Å². The van der Waals surface area contributed by atoms with Gasteiger partial charge in [-0.25, -0.2) is 0 Å². The van der Waals surface area contributed by atoms with Crippen LogP contribution in [0.15, 0.2) is 27.1 Å². The van der Waals surface area contributed by atoms with E-state index < -0.39 is 0 Å². The van der Waals surface area contributed by atoms with E-state index in [0.29, 0.717) is 44.4 Å². The fourth-order valence-electron chi connectivity index (χ4n) is 2.51. The summed E-state index contributed by atoms with van der Waals surface area (Å²) in [5, 5.41) is 9.49. The highest BCUT2D eigenvalue weighted by molar-refractivity contribution is 9.10. The van der Waals surface area contributed by atoms with Crippen molar-refractivity contribution in [1.82, 2.24) is 15.2 Å². The van der Waals surface area contributed by atoms with Gasteiger partial charge in [0.15, 0.2) is 5.82 Å². The summed E-state index contributed by atoms with van der Waals surface area (Å²) in [6, 6.07) is 5.32. The maximum Gasteiger partial charge on any atom is 0.262 e. The van der Waals surface area contributed by atoms with Gasteiger partial charge in [-0.15, -0.1) is 5.10 Å². The largest absolute Gasteiger partial charge is 0.497 e. The molecule has 0 bridgehead atoms. The molecule has 26 heavy (non-hydrogen) atoms. The Hall–Kier alpha value is -2.81. The lowest BCUT2D eigenvalue weighted by Crippen LogP contribution is -2.14. The van der Waals surface area contributed by atoms with E-state index in [1.54, 1.807) is 46.3 Å². The number of methoxy groups -OCH3 is 2. The van der Waals surface area contributed by atoms with Crippen LogP contribution in [0.5, 0.6) is 11.5 Å². The molecule has 3 aromatic rings. The van der Waals surface area contributed by atoms with Crippen LogP contribution in [0, 0.1) is 13.8 Å². The number of H-pyrrole nitrogens is 1. The fraction of sp³-hybridized carbons (Fsp3) is 0.235. The number of benzene rings is 1. The molecule has 0 saturated carbocycles. The second-order valence-electron chi connectivity index (χ2n) is 5.43. The molecule has 2 N–H and O–H groups in total. The van der Waals surface area contributed by atoms with E-state index in [1.165, 1.54) is 0 Å². The average molecular weight is 421 g/mol. The lowest BCUT2D eigenvalue weighted by Gasteiger charge is -2.07. The van der Waals surface area contributed by atoms with Crippen LogP contribution in [-0.4, -0.2) is 35.3 Å². The Morgan fingerprint density at radius 2 is 2.00 bits per heavy atom. The fourth-order valence-corrected chi connectivity index (χ4v) is 3.05. The Balaban J connectivity index is 1.85. The van der Waals surface area contributed by atoms with Gasteiger partial charge in [-0.05, 0) is 41.9 Å². The van der Waals surface area contributed by atoms with Gasteiger partial charge in [-0.3, -0.25) is 15.2 Å². The number of nitrogens with one attached hydrogen (secondary N) is 2. The molecule has 0 saturated heterocycles. The second-order valence-corrected chi connectivity index (χ2v) is 6.22. The number of hydrogen-bond donors (Lipinski definition) is 2. The highest BCUT2D eigenvalue weighted by Gasteiger charge is 2.21.